The van der Waals surface area contributed by atoms with E-state index < -0.39 is 0 Å². The summed E-state index contributed by atoms with van der Waals surface area (Å²) in [7, 11) is 0. The predicted molar refractivity (Wildman–Crippen MR) is 225 cm³/mol. The van der Waals surface area contributed by atoms with Gasteiger partial charge in [-0.1, -0.05) is 97.9 Å². The van der Waals surface area contributed by atoms with Crippen molar-refractivity contribution in [1.82, 2.24) is 10.2 Å². The smallest absolute Gasteiger partial charge is 0.0589 e. The fraction of sp³-hybridized carbons (Fsp3) is 0.600. The van der Waals surface area contributed by atoms with Crippen molar-refractivity contribution in [3.05, 3.63) is 116 Å². The van der Waals surface area contributed by atoms with E-state index in [1.807, 2.05) is 11.8 Å². The van der Waals surface area contributed by atoms with E-state index in [9.17, 15) is 0 Å². The molecule has 3 nitrogen and oxygen atoms in total. The van der Waals surface area contributed by atoms with Gasteiger partial charge in [0.25, 0.3) is 0 Å². The maximum Gasteiger partial charge on any atom is 0.0589 e. The minimum atomic E-state index is 0.484. The third-order valence-electron chi connectivity index (χ3n) is 14.6. The molecule has 3 heteroatoms. The summed E-state index contributed by atoms with van der Waals surface area (Å²) >= 11 is 0. The largest absolute Gasteiger partial charge is 0.405 e. The van der Waals surface area contributed by atoms with Crippen LogP contribution in [0.1, 0.15) is 155 Å². The molecule has 0 spiro atoms. The van der Waals surface area contributed by atoms with E-state index in [2.05, 4.69) is 72.8 Å². The van der Waals surface area contributed by atoms with Crippen LogP contribution in [-0.4, -0.2) is 23.5 Å². The van der Waals surface area contributed by atoms with E-state index in [4.69, 9.17) is 5.73 Å². The number of fused-ring (bicyclic) bond motifs is 4. The van der Waals surface area contributed by atoms with Gasteiger partial charge in [0.2, 0.25) is 0 Å². The van der Waals surface area contributed by atoms with Crippen molar-refractivity contribution < 1.29 is 0 Å². The third kappa shape index (κ3) is 7.70. The van der Waals surface area contributed by atoms with Crippen LogP contribution >= 0.6 is 0 Å². The summed E-state index contributed by atoms with van der Waals surface area (Å²) in [4.78, 5) is 2.97. The highest BCUT2D eigenvalue weighted by Crippen LogP contribution is 2.53. The van der Waals surface area contributed by atoms with Gasteiger partial charge in [0, 0.05) is 18.4 Å². The fourth-order valence-corrected chi connectivity index (χ4v) is 11.7. The Morgan fingerprint density at radius 3 is 2.45 bits per heavy atom. The van der Waals surface area contributed by atoms with Gasteiger partial charge in [-0.05, 0) is 179 Å². The Kier molecular flexibility index (Phi) is 11.8. The lowest BCUT2D eigenvalue weighted by Gasteiger charge is -2.42. The highest BCUT2D eigenvalue weighted by atomic mass is 15.2. The summed E-state index contributed by atoms with van der Waals surface area (Å²) in [5.41, 5.74) is 24.7. The molecule has 0 aromatic heterocycles. The molecule has 3 N–H and O–H groups in total. The molecule has 284 valence electrons. The van der Waals surface area contributed by atoms with Crippen LogP contribution in [-0.2, 0) is 0 Å². The first-order chi connectivity index (χ1) is 26.2. The quantitative estimate of drug-likeness (QED) is 0.148. The van der Waals surface area contributed by atoms with Gasteiger partial charge < -0.3 is 16.0 Å². The maximum atomic E-state index is 6.50. The molecule has 8 aliphatic rings. The van der Waals surface area contributed by atoms with Crippen LogP contribution in [0.4, 0.5) is 0 Å². The summed E-state index contributed by atoms with van der Waals surface area (Å²) in [5, 5.41) is 3.36. The molecule has 2 aliphatic heterocycles. The minimum absolute atomic E-state index is 0.484. The zero-order valence-electron chi connectivity index (χ0n) is 33.4. The molecule has 0 aromatic carbocycles. The highest BCUT2D eigenvalue weighted by Gasteiger charge is 2.46. The second kappa shape index (κ2) is 17.1. The van der Waals surface area contributed by atoms with Crippen molar-refractivity contribution in [1.29, 1.82) is 0 Å². The zero-order valence-corrected chi connectivity index (χ0v) is 33.4. The van der Waals surface area contributed by atoms with Gasteiger partial charge >= 0.3 is 0 Å². The normalized spacial score (nSPS) is 30.3. The van der Waals surface area contributed by atoms with E-state index in [0.29, 0.717) is 29.8 Å². The predicted octanol–water partition coefficient (Wildman–Crippen LogP) is 12.7. The van der Waals surface area contributed by atoms with Crippen LogP contribution in [0, 0.1) is 17.8 Å². The van der Waals surface area contributed by atoms with E-state index in [1.54, 1.807) is 55.9 Å². The molecule has 2 heterocycles. The summed E-state index contributed by atoms with van der Waals surface area (Å²) in [6.45, 7) is 5.69. The fourth-order valence-electron chi connectivity index (χ4n) is 11.7. The number of allylic oxidation sites excluding steroid dienone is 12. The average molecular weight is 712 g/mol. The van der Waals surface area contributed by atoms with Crippen molar-refractivity contribution >= 4 is 0 Å². The SMILES string of the molecule is CCCC/C=C(\CC)CCC/C(=C\N)C1CCC(C2=CC=C3C4=CC=C(C5C=C(C6=CNC6)CCC5)CC4N(C4=CCCCC4)C3C2)=C2CCCCC21. The third-order valence-corrected chi connectivity index (χ3v) is 14.6. The lowest BCUT2D eigenvalue weighted by molar-refractivity contribution is 0.247. The lowest BCUT2D eigenvalue weighted by atomic mass is 9.64. The van der Waals surface area contributed by atoms with Gasteiger partial charge in [0.1, 0.15) is 0 Å². The summed E-state index contributed by atoms with van der Waals surface area (Å²) in [6.07, 6.45) is 50.4. The lowest BCUT2D eigenvalue weighted by Crippen LogP contribution is -2.38. The number of hydrogen-bond acceptors (Lipinski definition) is 3. The number of unbranched alkanes of at least 4 members (excludes halogenated alkanes) is 2. The Hall–Kier alpha value is -3.20. The van der Waals surface area contributed by atoms with Gasteiger partial charge in [-0.2, -0.15) is 0 Å². The van der Waals surface area contributed by atoms with E-state index >= 15 is 0 Å². The molecular formula is C50H69N3. The van der Waals surface area contributed by atoms with Crippen molar-refractivity contribution in [2.24, 2.45) is 23.5 Å². The van der Waals surface area contributed by atoms with Gasteiger partial charge in [-0.15, -0.1) is 0 Å². The molecule has 5 atom stereocenters. The Morgan fingerprint density at radius 1 is 0.830 bits per heavy atom. The molecule has 2 fully saturated rings. The maximum absolute atomic E-state index is 6.50. The molecular weight excluding hydrogens is 643 g/mol. The van der Waals surface area contributed by atoms with Crippen LogP contribution in [0.25, 0.3) is 0 Å². The summed E-state index contributed by atoms with van der Waals surface area (Å²) in [6, 6.07) is 0.979. The highest BCUT2D eigenvalue weighted by molar-refractivity contribution is 5.58. The Morgan fingerprint density at radius 2 is 1.68 bits per heavy atom. The van der Waals surface area contributed by atoms with E-state index in [-0.39, 0.29) is 0 Å². The topological polar surface area (TPSA) is 41.3 Å². The second-order valence-electron chi connectivity index (χ2n) is 17.7. The first kappa shape index (κ1) is 36.8. The Bertz CT molecular complexity index is 1700. The molecule has 6 aliphatic carbocycles. The van der Waals surface area contributed by atoms with Crippen LogP contribution in [0.15, 0.2) is 116 Å². The number of nitrogens with one attached hydrogen (secondary N) is 1. The number of hydrogen-bond donors (Lipinski definition) is 2. The molecule has 1 saturated carbocycles. The van der Waals surface area contributed by atoms with E-state index in [1.165, 1.54) is 141 Å². The molecule has 0 amide bonds. The average Bonchev–Trinajstić information content (AvgIpc) is 3.51. The standard InChI is InChI=1S/C50H69N3/c1-3-5-7-14-35(4-2)15-12-18-40(32-51)44-28-27-43(45-21-10-11-22-46(44)45)39-24-26-48-47-25-23-38(36-16-13-17-37(29-36)41-33-52-34-41)30-49(47)53(50(48)31-39)42-19-8-6-9-20-42/h14,19,23-26,29,32-33,36,44,46,49-50,52H,3-13,15-18,20-22,27-28,30-31,34,51H2,1-2H3/b35-14+,40-32+. The first-order valence-corrected chi connectivity index (χ1v) is 22.4. The molecule has 1 saturated heterocycles. The van der Waals surface area contributed by atoms with Crippen LogP contribution in [0.2, 0.25) is 0 Å². The first-order valence-electron chi connectivity index (χ1n) is 22.4. The van der Waals surface area contributed by atoms with Gasteiger partial charge in [-0.25, -0.2) is 0 Å². The van der Waals surface area contributed by atoms with E-state index in [0.717, 1.165) is 6.54 Å². The van der Waals surface area contributed by atoms with Crippen molar-refractivity contribution in [3.8, 4) is 0 Å². The monoisotopic (exact) mass is 712 g/mol. The number of likely N-dealkylation sites (tertiary alicyclic amines) is 1. The molecule has 0 aromatic rings. The zero-order chi connectivity index (χ0) is 36.1. The van der Waals surface area contributed by atoms with Gasteiger partial charge in [0.15, 0.2) is 0 Å². The second-order valence-corrected chi connectivity index (χ2v) is 17.7. The van der Waals surface area contributed by atoms with Crippen LogP contribution < -0.4 is 11.1 Å². The van der Waals surface area contributed by atoms with Gasteiger partial charge in [-0.3, -0.25) is 0 Å². The number of nitrogens with two attached hydrogens (primary N) is 1. The van der Waals surface area contributed by atoms with Gasteiger partial charge in [0.05, 0.1) is 12.1 Å². The van der Waals surface area contributed by atoms with Crippen molar-refractivity contribution in [2.45, 2.75) is 167 Å². The molecule has 8 rings (SSSR count). The van der Waals surface area contributed by atoms with Crippen LogP contribution in [0.5, 0.6) is 0 Å². The molecule has 0 bridgehead atoms. The van der Waals surface area contributed by atoms with Crippen LogP contribution in [0.3, 0.4) is 0 Å². The summed E-state index contributed by atoms with van der Waals surface area (Å²) in [5.74, 6) is 1.93. The summed E-state index contributed by atoms with van der Waals surface area (Å²) < 4.78 is 0. The Labute approximate surface area is 322 Å². The molecule has 5 unspecified atom stereocenters. The van der Waals surface area contributed by atoms with Crippen molar-refractivity contribution in [2.75, 3.05) is 6.54 Å². The minimum Gasteiger partial charge on any atom is -0.405 e. The molecule has 0 radical (unpaired) electrons. The molecule has 53 heavy (non-hydrogen) atoms. The number of rotatable bonds is 13. The number of nitrogens with zero attached hydrogens (tertiary/aromatic N) is 1. The van der Waals surface area contributed by atoms with Crippen molar-refractivity contribution in [3.63, 3.8) is 0 Å². The Balaban J connectivity index is 1.03.